The van der Waals surface area contributed by atoms with Gasteiger partial charge in [-0.05, 0) is 43.0 Å². The first-order chi connectivity index (χ1) is 13.7. The summed E-state index contributed by atoms with van der Waals surface area (Å²) < 4.78 is 0. The van der Waals surface area contributed by atoms with Crippen molar-refractivity contribution in [3.05, 3.63) is 63.2 Å². The Morgan fingerprint density at radius 1 is 1.34 bits per heavy atom. The molecule has 2 aromatic heterocycles. The van der Waals surface area contributed by atoms with Gasteiger partial charge in [0.15, 0.2) is 0 Å². The van der Waals surface area contributed by atoms with Crippen LogP contribution in [0.2, 0.25) is 0 Å². The lowest BCUT2D eigenvalue weighted by Gasteiger charge is -2.17. The second-order valence-electron chi connectivity index (χ2n) is 6.92. The van der Waals surface area contributed by atoms with Crippen LogP contribution in [0.1, 0.15) is 58.2 Å². The molecule has 1 amide bonds. The minimum atomic E-state index is -0.193. The van der Waals surface area contributed by atoms with E-state index in [9.17, 15) is 9.59 Å². The lowest BCUT2D eigenvalue weighted by atomic mass is 10.0. The third-order valence-corrected chi connectivity index (χ3v) is 4.64. The maximum absolute atomic E-state index is 12.7. The quantitative estimate of drug-likeness (QED) is 0.519. The Hall–Kier alpha value is -2.86. The molecule has 0 aliphatic heterocycles. The van der Waals surface area contributed by atoms with E-state index >= 15 is 0 Å². The van der Waals surface area contributed by atoms with Gasteiger partial charge in [-0.1, -0.05) is 38.4 Å². The minimum absolute atomic E-state index is 0.0970. The van der Waals surface area contributed by atoms with Crippen LogP contribution in [0.15, 0.2) is 46.4 Å². The minimum Gasteiger partial charge on any atom is -0.354 e. The summed E-state index contributed by atoms with van der Waals surface area (Å²) in [6.45, 7) is 9.28. The Bertz CT molecular complexity index is 1010. The molecule has 2 aromatic rings. The molecule has 0 unspecified atom stereocenters. The number of hydrogen-bond acceptors (Lipinski definition) is 4. The first-order valence-corrected chi connectivity index (χ1v) is 9.93. The maximum atomic E-state index is 12.7. The van der Waals surface area contributed by atoms with E-state index < -0.39 is 0 Å². The molecule has 0 fully saturated rings. The predicted molar refractivity (Wildman–Crippen MR) is 121 cm³/mol. The molecule has 29 heavy (non-hydrogen) atoms. The van der Waals surface area contributed by atoms with Gasteiger partial charge in [0.1, 0.15) is 5.82 Å². The highest BCUT2D eigenvalue weighted by Gasteiger charge is 2.14. The van der Waals surface area contributed by atoms with Crippen molar-refractivity contribution in [3.8, 4) is 0 Å². The molecule has 3 N–H and O–H groups in total. The molecule has 2 heterocycles. The molecule has 6 nitrogen and oxygen atoms in total. The zero-order valence-corrected chi connectivity index (χ0v) is 18.1. The summed E-state index contributed by atoms with van der Waals surface area (Å²) in [5, 5.41) is 6.68. The summed E-state index contributed by atoms with van der Waals surface area (Å²) in [6.07, 6.45) is 5.97. The number of hydrogen-bond donors (Lipinski definition) is 3. The molecular weight excluding hydrogens is 388 g/mol. The standard InChI is InChI=1S/C22H27ClN4O2/c1-6-15(10-16(23)7-2)18-12-19(21(13(3)4)27-22(18)29)26-17-8-9-24-20(11-17)25-14(5)28/h6,8-13H,7H2,1-5H3,(H,27,29)(H2,24,25,26,28)/b15-6+,16-10+. The molecule has 0 atom stereocenters. The molecule has 0 saturated heterocycles. The van der Waals surface area contributed by atoms with Gasteiger partial charge in [0, 0.05) is 41.2 Å². The average molecular weight is 415 g/mol. The van der Waals surface area contributed by atoms with E-state index in [4.69, 9.17) is 11.6 Å². The average Bonchev–Trinajstić information content (AvgIpc) is 2.66. The van der Waals surface area contributed by atoms with Crippen molar-refractivity contribution in [1.82, 2.24) is 9.97 Å². The van der Waals surface area contributed by atoms with Gasteiger partial charge in [0.05, 0.1) is 5.69 Å². The van der Waals surface area contributed by atoms with Crippen LogP contribution < -0.4 is 16.2 Å². The number of allylic oxidation sites excluding steroid dienone is 4. The lowest BCUT2D eigenvalue weighted by Crippen LogP contribution is -2.17. The summed E-state index contributed by atoms with van der Waals surface area (Å²) in [5.41, 5.74) is 3.42. The highest BCUT2D eigenvalue weighted by molar-refractivity contribution is 6.30. The van der Waals surface area contributed by atoms with Gasteiger partial charge in [0.25, 0.3) is 5.56 Å². The van der Waals surface area contributed by atoms with E-state index in [1.165, 1.54) is 6.92 Å². The Kier molecular flexibility index (Phi) is 7.79. The number of carbonyl (C=O) groups excluding carboxylic acids is 1. The van der Waals surface area contributed by atoms with Crippen LogP contribution in [0.4, 0.5) is 17.2 Å². The van der Waals surface area contributed by atoms with Crippen LogP contribution in [0, 0.1) is 0 Å². The van der Waals surface area contributed by atoms with E-state index in [0.717, 1.165) is 22.6 Å². The van der Waals surface area contributed by atoms with Crippen molar-refractivity contribution < 1.29 is 4.79 Å². The zero-order valence-electron chi connectivity index (χ0n) is 17.4. The van der Waals surface area contributed by atoms with Gasteiger partial charge in [-0.3, -0.25) is 9.59 Å². The molecule has 0 aromatic carbocycles. The number of aromatic amines is 1. The number of nitrogens with zero attached hydrogens (tertiary/aromatic N) is 1. The van der Waals surface area contributed by atoms with Crippen molar-refractivity contribution in [2.24, 2.45) is 0 Å². The molecule has 0 bridgehead atoms. The van der Waals surface area contributed by atoms with Crippen LogP contribution in [0.5, 0.6) is 0 Å². The largest absolute Gasteiger partial charge is 0.354 e. The molecule has 154 valence electrons. The van der Waals surface area contributed by atoms with Crippen LogP contribution in [-0.4, -0.2) is 15.9 Å². The number of aromatic nitrogens is 2. The smallest absolute Gasteiger partial charge is 0.256 e. The fourth-order valence-electron chi connectivity index (χ4n) is 2.82. The van der Waals surface area contributed by atoms with E-state index in [0.29, 0.717) is 22.8 Å². The summed E-state index contributed by atoms with van der Waals surface area (Å²) in [7, 11) is 0. The SMILES string of the molecule is C/C=C(\C=C(\Cl)CC)c1cc(Nc2ccnc(NC(C)=O)c2)c(C(C)C)[nH]c1=O. The fraction of sp³-hybridized carbons (Fsp3) is 0.318. The van der Waals surface area contributed by atoms with Gasteiger partial charge in [-0.15, -0.1) is 0 Å². The van der Waals surface area contributed by atoms with Crippen LogP contribution >= 0.6 is 11.6 Å². The van der Waals surface area contributed by atoms with Crippen LogP contribution in [-0.2, 0) is 4.79 Å². The fourth-order valence-corrected chi connectivity index (χ4v) is 2.94. The van der Waals surface area contributed by atoms with Crippen molar-refractivity contribution in [1.29, 1.82) is 0 Å². The van der Waals surface area contributed by atoms with Gasteiger partial charge in [-0.2, -0.15) is 0 Å². The highest BCUT2D eigenvalue weighted by atomic mass is 35.5. The van der Waals surface area contributed by atoms with E-state index in [1.54, 1.807) is 18.3 Å². The van der Waals surface area contributed by atoms with Crippen molar-refractivity contribution in [2.75, 3.05) is 10.6 Å². The molecular formula is C22H27ClN4O2. The van der Waals surface area contributed by atoms with Crippen molar-refractivity contribution >= 4 is 40.3 Å². The maximum Gasteiger partial charge on any atom is 0.256 e. The molecule has 0 aliphatic rings. The molecule has 2 rings (SSSR count). The van der Waals surface area contributed by atoms with Crippen molar-refractivity contribution in [2.45, 2.75) is 47.0 Å². The third-order valence-electron chi connectivity index (χ3n) is 4.26. The molecule has 0 saturated carbocycles. The zero-order chi connectivity index (χ0) is 21.6. The first-order valence-electron chi connectivity index (χ1n) is 9.55. The molecule has 0 spiro atoms. The van der Waals surface area contributed by atoms with Gasteiger partial charge < -0.3 is 15.6 Å². The van der Waals surface area contributed by atoms with Gasteiger partial charge in [0.2, 0.25) is 5.91 Å². The number of carbonyl (C=O) groups is 1. The van der Waals surface area contributed by atoms with Gasteiger partial charge >= 0.3 is 0 Å². The summed E-state index contributed by atoms with van der Waals surface area (Å²) in [6, 6.07) is 5.36. The van der Waals surface area contributed by atoms with Gasteiger partial charge in [-0.25, -0.2) is 4.98 Å². The highest BCUT2D eigenvalue weighted by Crippen LogP contribution is 2.28. The molecule has 0 radical (unpaired) electrons. The van der Waals surface area contributed by atoms with Crippen molar-refractivity contribution in [3.63, 3.8) is 0 Å². The summed E-state index contributed by atoms with van der Waals surface area (Å²) in [4.78, 5) is 31.2. The number of rotatable bonds is 7. The lowest BCUT2D eigenvalue weighted by molar-refractivity contribution is -0.114. The first kappa shape index (κ1) is 22.4. The second-order valence-corrected chi connectivity index (χ2v) is 7.40. The monoisotopic (exact) mass is 414 g/mol. The van der Waals surface area contributed by atoms with E-state index in [1.807, 2.05) is 45.9 Å². The molecule has 7 heteroatoms. The van der Waals surface area contributed by atoms with E-state index in [2.05, 4.69) is 20.6 Å². The number of H-pyrrole nitrogens is 1. The Balaban J connectivity index is 2.53. The summed E-state index contributed by atoms with van der Waals surface area (Å²) in [5.74, 6) is 0.353. The van der Waals surface area contributed by atoms with Crippen LogP contribution in [0.3, 0.4) is 0 Å². The Labute approximate surface area is 176 Å². The van der Waals surface area contributed by atoms with E-state index in [-0.39, 0.29) is 17.4 Å². The topological polar surface area (TPSA) is 86.9 Å². The predicted octanol–water partition coefficient (Wildman–Crippen LogP) is 5.53. The normalized spacial score (nSPS) is 12.2. The number of amides is 1. The number of nitrogens with one attached hydrogen (secondary N) is 3. The Morgan fingerprint density at radius 2 is 2.07 bits per heavy atom. The Morgan fingerprint density at radius 3 is 2.66 bits per heavy atom. The summed E-state index contributed by atoms with van der Waals surface area (Å²) >= 11 is 6.20. The number of halogens is 1. The third kappa shape index (κ3) is 6.06. The van der Waals surface area contributed by atoms with Crippen LogP contribution in [0.25, 0.3) is 5.57 Å². The molecule has 0 aliphatic carbocycles. The second kappa shape index (κ2) is 10.1. The number of pyridine rings is 2. The number of anilines is 3.